The zero-order valence-electron chi connectivity index (χ0n) is 8.59. The SMILES string of the molecule is COC(=O)[C@H](C)Oc1c(F)cc(Br)cc1F. The van der Waals surface area contributed by atoms with Gasteiger partial charge in [0, 0.05) is 4.47 Å². The lowest BCUT2D eigenvalue weighted by molar-refractivity contribution is -0.148. The Kier molecular flexibility index (Phi) is 4.23. The van der Waals surface area contributed by atoms with Crippen molar-refractivity contribution in [2.24, 2.45) is 0 Å². The normalized spacial score (nSPS) is 12.1. The van der Waals surface area contributed by atoms with E-state index in [1.807, 2.05) is 0 Å². The van der Waals surface area contributed by atoms with Crippen LogP contribution in [0.5, 0.6) is 5.75 Å². The minimum atomic E-state index is -1.07. The van der Waals surface area contributed by atoms with Gasteiger partial charge in [0.05, 0.1) is 7.11 Å². The maximum Gasteiger partial charge on any atom is 0.346 e. The summed E-state index contributed by atoms with van der Waals surface area (Å²) in [5.74, 6) is -3.08. The van der Waals surface area contributed by atoms with Gasteiger partial charge in [-0.1, -0.05) is 15.9 Å². The summed E-state index contributed by atoms with van der Waals surface area (Å²) >= 11 is 2.93. The molecule has 6 heteroatoms. The molecule has 0 saturated heterocycles. The molecule has 0 bridgehead atoms. The Balaban J connectivity index is 2.93. The van der Waals surface area contributed by atoms with Crippen LogP contribution in [0.3, 0.4) is 0 Å². The van der Waals surface area contributed by atoms with Crippen LogP contribution in [0.1, 0.15) is 6.92 Å². The lowest BCUT2D eigenvalue weighted by atomic mass is 10.3. The van der Waals surface area contributed by atoms with E-state index in [-0.39, 0.29) is 4.47 Å². The first kappa shape index (κ1) is 12.9. The second-order valence-corrected chi connectivity index (χ2v) is 3.90. The van der Waals surface area contributed by atoms with Crippen LogP contribution in [-0.2, 0) is 9.53 Å². The summed E-state index contributed by atoms with van der Waals surface area (Å²) in [6, 6.07) is 2.09. The van der Waals surface area contributed by atoms with Crippen LogP contribution in [0.2, 0.25) is 0 Å². The highest BCUT2D eigenvalue weighted by atomic mass is 79.9. The fourth-order valence-corrected chi connectivity index (χ4v) is 1.43. The van der Waals surface area contributed by atoms with Gasteiger partial charge in [0.1, 0.15) is 0 Å². The molecule has 0 aliphatic heterocycles. The molecule has 0 heterocycles. The standard InChI is InChI=1S/C10H9BrF2O3/c1-5(10(14)15-2)16-9-7(12)3-6(11)4-8(9)13/h3-5H,1-2H3/t5-/m0/s1. The summed E-state index contributed by atoms with van der Waals surface area (Å²) in [6.45, 7) is 1.34. The molecule has 0 unspecified atom stereocenters. The van der Waals surface area contributed by atoms with Crippen molar-refractivity contribution in [3.05, 3.63) is 28.2 Å². The Bertz CT molecular complexity index is 386. The number of halogens is 3. The molecule has 3 nitrogen and oxygen atoms in total. The summed E-state index contributed by atoms with van der Waals surface area (Å²) in [6.07, 6.45) is -1.07. The Labute approximate surface area is 99.5 Å². The summed E-state index contributed by atoms with van der Waals surface area (Å²) in [5, 5.41) is 0. The second-order valence-electron chi connectivity index (χ2n) is 2.98. The van der Waals surface area contributed by atoms with Crippen LogP contribution in [0, 0.1) is 11.6 Å². The number of esters is 1. The highest BCUT2D eigenvalue weighted by Gasteiger charge is 2.20. The third-order valence-corrected chi connectivity index (χ3v) is 2.25. The van der Waals surface area contributed by atoms with E-state index in [1.54, 1.807) is 0 Å². The van der Waals surface area contributed by atoms with Gasteiger partial charge in [-0.25, -0.2) is 13.6 Å². The van der Waals surface area contributed by atoms with Gasteiger partial charge in [-0.3, -0.25) is 0 Å². The van der Waals surface area contributed by atoms with Crippen LogP contribution >= 0.6 is 15.9 Å². The van der Waals surface area contributed by atoms with Gasteiger partial charge in [-0.15, -0.1) is 0 Å². The highest BCUT2D eigenvalue weighted by molar-refractivity contribution is 9.10. The molecule has 0 aliphatic rings. The van der Waals surface area contributed by atoms with Crippen LogP contribution < -0.4 is 4.74 Å². The van der Waals surface area contributed by atoms with Crippen LogP contribution in [0.4, 0.5) is 8.78 Å². The summed E-state index contributed by atoms with van der Waals surface area (Å²) in [4.78, 5) is 11.0. The third-order valence-electron chi connectivity index (χ3n) is 1.79. The molecule has 0 aromatic heterocycles. The van der Waals surface area contributed by atoms with Gasteiger partial charge in [0.2, 0.25) is 0 Å². The number of methoxy groups -OCH3 is 1. The number of carbonyl (C=O) groups is 1. The van der Waals surface area contributed by atoms with Crippen molar-refractivity contribution in [2.75, 3.05) is 7.11 Å². The number of carbonyl (C=O) groups excluding carboxylic acids is 1. The summed E-state index contributed by atoms with van der Waals surface area (Å²) in [5.41, 5.74) is 0. The van der Waals surface area contributed by atoms with E-state index in [1.165, 1.54) is 6.92 Å². The number of hydrogen-bond acceptors (Lipinski definition) is 3. The number of rotatable bonds is 3. The Morgan fingerprint density at radius 1 is 1.38 bits per heavy atom. The van der Waals surface area contributed by atoms with Gasteiger partial charge in [0.15, 0.2) is 23.5 Å². The molecule has 1 rings (SSSR count). The summed E-state index contributed by atoms with van der Waals surface area (Å²) in [7, 11) is 1.16. The van der Waals surface area contributed by atoms with E-state index in [2.05, 4.69) is 20.7 Å². The molecule has 0 N–H and O–H groups in total. The quantitative estimate of drug-likeness (QED) is 0.804. The van der Waals surface area contributed by atoms with Crippen molar-refractivity contribution in [1.29, 1.82) is 0 Å². The molecule has 1 aromatic rings. The van der Waals surface area contributed by atoms with Crippen molar-refractivity contribution < 1.29 is 23.0 Å². The largest absolute Gasteiger partial charge is 0.473 e. The average Bonchev–Trinajstić information content (AvgIpc) is 2.21. The van der Waals surface area contributed by atoms with Crippen LogP contribution in [-0.4, -0.2) is 19.2 Å². The van der Waals surface area contributed by atoms with Crippen molar-refractivity contribution in [3.63, 3.8) is 0 Å². The molecule has 0 saturated carbocycles. The van der Waals surface area contributed by atoms with Crippen molar-refractivity contribution >= 4 is 21.9 Å². The number of benzene rings is 1. The predicted molar refractivity (Wildman–Crippen MR) is 56.2 cm³/mol. The van der Waals surface area contributed by atoms with Gasteiger partial charge in [-0.05, 0) is 19.1 Å². The first-order chi connectivity index (χ1) is 7.45. The Hall–Kier alpha value is -1.17. The summed E-state index contributed by atoms with van der Waals surface area (Å²) < 4.78 is 36.0. The highest BCUT2D eigenvalue weighted by Crippen LogP contribution is 2.26. The first-order valence-electron chi connectivity index (χ1n) is 4.34. The van der Waals surface area contributed by atoms with Crippen molar-refractivity contribution in [1.82, 2.24) is 0 Å². The molecular weight excluding hydrogens is 286 g/mol. The van der Waals surface area contributed by atoms with Crippen molar-refractivity contribution in [3.8, 4) is 5.75 Å². The maximum atomic E-state index is 13.3. The fraction of sp³-hybridized carbons (Fsp3) is 0.300. The van der Waals surface area contributed by atoms with Crippen LogP contribution in [0.15, 0.2) is 16.6 Å². The van der Waals surface area contributed by atoms with Gasteiger partial charge in [0.25, 0.3) is 0 Å². The molecule has 1 atom stereocenters. The third kappa shape index (κ3) is 2.91. The van der Waals surface area contributed by atoms with E-state index in [0.717, 1.165) is 19.2 Å². The van der Waals surface area contributed by atoms with Crippen molar-refractivity contribution in [2.45, 2.75) is 13.0 Å². The molecule has 0 aliphatic carbocycles. The number of ether oxygens (including phenoxy) is 2. The zero-order valence-corrected chi connectivity index (χ0v) is 10.2. The molecule has 1 aromatic carbocycles. The lowest BCUT2D eigenvalue weighted by Gasteiger charge is -2.13. The minimum absolute atomic E-state index is 0.251. The molecule has 0 radical (unpaired) electrons. The van der Waals surface area contributed by atoms with Gasteiger partial charge >= 0.3 is 5.97 Å². The van der Waals surface area contributed by atoms with E-state index in [4.69, 9.17) is 4.74 Å². The van der Waals surface area contributed by atoms with E-state index in [9.17, 15) is 13.6 Å². The minimum Gasteiger partial charge on any atom is -0.473 e. The molecule has 88 valence electrons. The molecule has 0 fully saturated rings. The Morgan fingerprint density at radius 3 is 2.31 bits per heavy atom. The molecular formula is C10H9BrF2O3. The van der Waals surface area contributed by atoms with E-state index < -0.39 is 29.5 Å². The van der Waals surface area contributed by atoms with Gasteiger partial charge < -0.3 is 9.47 Å². The zero-order chi connectivity index (χ0) is 12.3. The Morgan fingerprint density at radius 2 is 1.88 bits per heavy atom. The lowest BCUT2D eigenvalue weighted by Crippen LogP contribution is -2.25. The maximum absolute atomic E-state index is 13.3. The van der Waals surface area contributed by atoms with Crippen LogP contribution in [0.25, 0.3) is 0 Å². The first-order valence-corrected chi connectivity index (χ1v) is 5.14. The second kappa shape index (κ2) is 5.25. The van der Waals surface area contributed by atoms with E-state index in [0.29, 0.717) is 0 Å². The average molecular weight is 295 g/mol. The smallest absolute Gasteiger partial charge is 0.346 e. The molecule has 0 spiro atoms. The van der Waals surface area contributed by atoms with E-state index >= 15 is 0 Å². The topological polar surface area (TPSA) is 35.5 Å². The van der Waals surface area contributed by atoms with Gasteiger partial charge in [-0.2, -0.15) is 0 Å². The predicted octanol–water partition coefficient (Wildman–Crippen LogP) is 2.67. The fourth-order valence-electron chi connectivity index (χ4n) is 1.03. The molecule has 16 heavy (non-hydrogen) atoms. The molecule has 0 amide bonds. The monoisotopic (exact) mass is 294 g/mol. The number of hydrogen-bond donors (Lipinski definition) is 0.